The molecule has 3 aromatic carbocycles. The number of nitrogens with zero attached hydrogens (tertiary/aromatic N) is 1. The Morgan fingerprint density at radius 2 is 1.86 bits per heavy atom. The van der Waals surface area contributed by atoms with Crippen molar-refractivity contribution in [1.29, 1.82) is 0 Å². The molecule has 188 valence electrons. The van der Waals surface area contributed by atoms with Crippen molar-refractivity contribution >= 4 is 29.1 Å². The number of anilines is 1. The summed E-state index contributed by atoms with van der Waals surface area (Å²) in [5, 5.41) is 11.4. The Balaban J connectivity index is 1.62. The highest BCUT2D eigenvalue weighted by molar-refractivity contribution is 6.51. The Morgan fingerprint density at radius 1 is 1.08 bits per heavy atom. The smallest absolute Gasteiger partial charge is 0.309 e. The van der Waals surface area contributed by atoms with Gasteiger partial charge < -0.3 is 14.6 Å². The van der Waals surface area contributed by atoms with Crippen LogP contribution in [0.4, 0.5) is 5.69 Å². The quantitative estimate of drug-likeness (QED) is 0.239. The van der Waals surface area contributed by atoms with E-state index in [-0.39, 0.29) is 23.7 Å². The molecule has 0 radical (unpaired) electrons. The zero-order valence-corrected chi connectivity index (χ0v) is 20.7. The number of carbonyl (C=O) groups excluding carboxylic acids is 3. The molecule has 1 N–H and O–H groups in total. The van der Waals surface area contributed by atoms with E-state index in [1.807, 2.05) is 37.3 Å². The molecule has 1 unspecified atom stereocenters. The number of aliphatic hydroxyl groups is 1. The first-order chi connectivity index (χ1) is 17.9. The van der Waals surface area contributed by atoms with E-state index in [4.69, 9.17) is 9.47 Å². The summed E-state index contributed by atoms with van der Waals surface area (Å²) in [4.78, 5) is 39.9. The average Bonchev–Trinajstić information content (AvgIpc) is 3.18. The van der Waals surface area contributed by atoms with Crippen molar-refractivity contribution in [2.24, 2.45) is 0 Å². The average molecular weight is 498 g/mol. The molecule has 0 aliphatic carbocycles. The Bertz CT molecular complexity index is 1420. The molecule has 7 heteroatoms. The Morgan fingerprint density at radius 3 is 2.59 bits per heavy atom. The molecule has 0 bridgehead atoms. The van der Waals surface area contributed by atoms with Gasteiger partial charge in [0, 0.05) is 11.3 Å². The lowest BCUT2D eigenvalue weighted by atomic mass is 9.93. The lowest BCUT2D eigenvalue weighted by Gasteiger charge is -2.26. The number of ether oxygens (including phenoxy) is 2. The van der Waals surface area contributed by atoms with Crippen LogP contribution < -0.4 is 9.64 Å². The monoisotopic (exact) mass is 497 g/mol. The highest BCUT2D eigenvalue weighted by Crippen LogP contribution is 2.43. The number of carbonyl (C=O) groups is 3. The number of hydrogen-bond donors (Lipinski definition) is 1. The Hall–Kier alpha value is -4.39. The molecule has 1 atom stereocenters. The number of esters is 1. The third-order valence-electron chi connectivity index (χ3n) is 6.77. The number of rotatable bonds is 5. The summed E-state index contributed by atoms with van der Waals surface area (Å²) in [5.41, 5.74) is 4.33. The summed E-state index contributed by atoms with van der Waals surface area (Å²) >= 11 is 0. The zero-order chi connectivity index (χ0) is 26.1. The molecule has 0 spiro atoms. The second-order valence-corrected chi connectivity index (χ2v) is 9.28. The molecular formula is C30H27NO6. The largest absolute Gasteiger partial charge is 0.507 e. The summed E-state index contributed by atoms with van der Waals surface area (Å²) in [6.45, 7) is 2.58. The van der Waals surface area contributed by atoms with Crippen molar-refractivity contribution in [2.75, 3.05) is 18.6 Å². The molecule has 7 nitrogen and oxygen atoms in total. The number of benzene rings is 3. The third kappa shape index (κ3) is 4.60. The number of ketones is 1. The van der Waals surface area contributed by atoms with Crippen LogP contribution in [0.25, 0.3) is 5.76 Å². The maximum atomic E-state index is 13.4. The summed E-state index contributed by atoms with van der Waals surface area (Å²) in [6, 6.07) is 18.9. The molecule has 2 heterocycles. The van der Waals surface area contributed by atoms with Gasteiger partial charge in [0.2, 0.25) is 0 Å². The maximum absolute atomic E-state index is 13.4. The van der Waals surface area contributed by atoms with Crippen molar-refractivity contribution in [3.63, 3.8) is 0 Å². The van der Waals surface area contributed by atoms with Gasteiger partial charge in [-0.3, -0.25) is 19.3 Å². The highest BCUT2D eigenvalue weighted by Gasteiger charge is 2.47. The number of methoxy groups -OCH3 is 1. The molecule has 37 heavy (non-hydrogen) atoms. The SMILES string of the molecule is COC(=O)Cc1ccc(N2C(=O)C(=O)/C(=C(\O)c3ccc4c(c3)CCCO4)C2c2cccc(C)c2)cc1. The van der Waals surface area contributed by atoms with E-state index in [2.05, 4.69) is 0 Å². The van der Waals surface area contributed by atoms with Crippen LogP contribution in [0.15, 0.2) is 72.3 Å². The minimum Gasteiger partial charge on any atom is -0.507 e. The molecule has 0 aromatic heterocycles. The Labute approximate surface area is 214 Å². The first-order valence-corrected chi connectivity index (χ1v) is 12.2. The van der Waals surface area contributed by atoms with Crippen LogP contribution in [0.3, 0.4) is 0 Å². The second-order valence-electron chi connectivity index (χ2n) is 9.28. The van der Waals surface area contributed by atoms with Gasteiger partial charge in [-0.2, -0.15) is 0 Å². The van der Waals surface area contributed by atoms with E-state index < -0.39 is 17.7 Å². The van der Waals surface area contributed by atoms with Crippen molar-refractivity contribution in [1.82, 2.24) is 0 Å². The van der Waals surface area contributed by atoms with Crippen LogP contribution in [0.1, 0.15) is 40.3 Å². The number of amides is 1. The van der Waals surface area contributed by atoms with Crippen LogP contribution in [-0.4, -0.2) is 36.5 Å². The predicted octanol–water partition coefficient (Wildman–Crippen LogP) is 4.66. The molecule has 5 rings (SSSR count). The normalized spacial score (nSPS) is 18.3. The number of aliphatic hydroxyl groups excluding tert-OH is 1. The fraction of sp³-hybridized carbons (Fsp3) is 0.233. The van der Waals surface area contributed by atoms with E-state index in [0.29, 0.717) is 23.4 Å². The maximum Gasteiger partial charge on any atom is 0.309 e. The number of Topliss-reactive ketones (excluding diaryl/α,β-unsaturated/α-hetero) is 1. The van der Waals surface area contributed by atoms with Gasteiger partial charge in [-0.15, -0.1) is 0 Å². The van der Waals surface area contributed by atoms with E-state index in [0.717, 1.165) is 35.3 Å². The lowest BCUT2D eigenvalue weighted by molar-refractivity contribution is -0.139. The molecule has 3 aromatic rings. The van der Waals surface area contributed by atoms with Crippen LogP contribution in [0.5, 0.6) is 5.75 Å². The summed E-state index contributed by atoms with van der Waals surface area (Å²) in [6.07, 6.45) is 1.78. The van der Waals surface area contributed by atoms with Crippen molar-refractivity contribution in [3.05, 3.63) is 100 Å². The van der Waals surface area contributed by atoms with Crippen LogP contribution in [-0.2, 0) is 32.0 Å². The predicted molar refractivity (Wildman–Crippen MR) is 138 cm³/mol. The fourth-order valence-electron chi connectivity index (χ4n) is 4.93. The molecule has 2 aliphatic rings. The molecule has 0 saturated carbocycles. The van der Waals surface area contributed by atoms with E-state index in [1.54, 1.807) is 36.4 Å². The fourth-order valence-corrected chi connectivity index (χ4v) is 4.93. The minimum absolute atomic E-state index is 0.0333. The van der Waals surface area contributed by atoms with Crippen LogP contribution in [0.2, 0.25) is 0 Å². The first kappa shape index (κ1) is 24.3. The van der Waals surface area contributed by atoms with Crippen LogP contribution in [0, 0.1) is 6.92 Å². The van der Waals surface area contributed by atoms with E-state index in [1.165, 1.54) is 12.0 Å². The van der Waals surface area contributed by atoms with E-state index in [9.17, 15) is 19.5 Å². The summed E-state index contributed by atoms with van der Waals surface area (Å²) < 4.78 is 10.4. The van der Waals surface area contributed by atoms with Gasteiger partial charge in [0.1, 0.15) is 11.5 Å². The topological polar surface area (TPSA) is 93.1 Å². The minimum atomic E-state index is -0.821. The molecule has 2 aliphatic heterocycles. The van der Waals surface area contributed by atoms with E-state index >= 15 is 0 Å². The second kappa shape index (κ2) is 9.93. The van der Waals surface area contributed by atoms with Gasteiger partial charge in [-0.05, 0) is 66.8 Å². The number of fused-ring (bicyclic) bond motifs is 1. The molecule has 1 fully saturated rings. The summed E-state index contributed by atoms with van der Waals surface area (Å²) in [7, 11) is 1.33. The standard InChI is InChI=1S/C30H27NO6/c1-18-5-3-6-21(15-18)27-26(28(33)22-10-13-24-20(17-22)7-4-14-37-24)29(34)30(35)31(27)23-11-8-19(9-12-23)16-25(32)36-2/h3,5-6,8-13,15,17,27,33H,4,7,14,16H2,1-2H3/b28-26-. The van der Waals surface area contributed by atoms with Gasteiger partial charge in [-0.1, -0.05) is 42.0 Å². The van der Waals surface area contributed by atoms with Crippen molar-refractivity contribution < 1.29 is 29.0 Å². The first-order valence-electron chi connectivity index (χ1n) is 12.2. The lowest BCUT2D eigenvalue weighted by Crippen LogP contribution is -2.29. The molecule has 1 amide bonds. The van der Waals surface area contributed by atoms with Gasteiger partial charge in [0.15, 0.2) is 0 Å². The van der Waals surface area contributed by atoms with Gasteiger partial charge in [0.25, 0.3) is 11.7 Å². The third-order valence-corrected chi connectivity index (χ3v) is 6.77. The van der Waals surface area contributed by atoms with Crippen LogP contribution >= 0.6 is 0 Å². The highest BCUT2D eigenvalue weighted by atomic mass is 16.5. The Kier molecular flexibility index (Phi) is 6.53. The number of aryl methyl sites for hydroxylation is 2. The zero-order valence-electron chi connectivity index (χ0n) is 20.7. The van der Waals surface area contributed by atoms with Crippen molar-refractivity contribution in [2.45, 2.75) is 32.2 Å². The number of hydrogen-bond acceptors (Lipinski definition) is 6. The molecule has 1 saturated heterocycles. The van der Waals surface area contributed by atoms with Gasteiger partial charge in [-0.25, -0.2) is 0 Å². The summed E-state index contributed by atoms with van der Waals surface area (Å²) in [5.74, 6) is -1.30. The molecular weight excluding hydrogens is 470 g/mol. The van der Waals surface area contributed by atoms with Crippen molar-refractivity contribution in [3.8, 4) is 5.75 Å². The van der Waals surface area contributed by atoms with Gasteiger partial charge >= 0.3 is 5.97 Å². The van der Waals surface area contributed by atoms with Gasteiger partial charge in [0.05, 0.1) is 31.8 Å².